The van der Waals surface area contributed by atoms with E-state index in [4.69, 9.17) is 14.7 Å². The van der Waals surface area contributed by atoms with Gasteiger partial charge in [-0.05, 0) is 58.7 Å². The number of nitriles is 1. The highest BCUT2D eigenvalue weighted by atomic mass is 19.1. The van der Waals surface area contributed by atoms with Crippen LogP contribution in [0.3, 0.4) is 0 Å². The van der Waals surface area contributed by atoms with E-state index in [9.17, 15) is 9.18 Å². The molecule has 2 aliphatic rings. The van der Waals surface area contributed by atoms with Gasteiger partial charge in [0.15, 0.2) is 0 Å². The molecule has 2 aromatic rings. The quantitative estimate of drug-likeness (QED) is 0.751. The average molecular weight is 439 g/mol. The van der Waals surface area contributed by atoms with E-state index in [0.29, 0.717) is 23.7 Å². The lowest BCUT2D eigenvalue weighted by Gasteiger charge is -2.28. The Hall–Kier alpha value is -3.41. The van der Waals surface area contributed by atoms with E-state index in [1.807, 2.05) is 26.8 Å². The van der Waals surface area contributed by atoms with Crippen LogP contribution in [0.1, 0.15) is 51.2 Å². The van der Waals surface area contributed by atoms with Gasteiger partial charge in [0.25, 0.3) is 0 Å². The summed E-state index contributed by atoms with van der Waals surface area (Å²) in [5.74, 6) is 0.245. The maximum atomic E-state index is 14.3. The fourth-order valence-electron chi connectivity index (χ4n) is 4.30. The maximum absolute atomic E-state index is 14.3. The number of amides is 1. The largest absolute Gasteiger partial charge is 0.472 e. The van der Waals surface area contributed by atoms with Crippen molar-refractivity contribution in [2.75, 3.05) is 5.32 Å². The van der Waals surface area contributed by atoms with Gasteiger partial charge >= 0.3 is 6.09 Å². The molecule has 4 rings (SSSR count). The molecule has 2 unspecified atom stereocenters. The number of hydrogen-bond donors (Lipinski definition) is 1. The van der Waals surface area contributed by atoms with Crippen LogP contribution in [0.2, 0.25) is 0 Å². The molecular weight excluding hydrogens is 413 g/mol. The van der Waals surface area contributed by atoms with Crippen LogP contribution in [-0.2, 0) is 4.74 Å². The van der Waals surface area contributed by atoms with Gasteiger partial charge in [-0.3, -0.25) is 4.90 Å². The molecule has 1 aromatic heterocycles. The standard InChI is InChI=1S/C23H26FN5O3/c1-13-20(28-17-7-5-14(11-25)9-16(17)24)26-12-27-21(13)31-19-10-15-6-8-18(19)29(15)22(30)32-23(2,3)4/h5,7,9,12,15,18-19H,6,8,10H2,1-4H3,(H,26,27,28)/t15?,18?,19-/m0/s1. The third-order valence-electron chi connectivity index (χ3n) is 5.74. The minimum absolute atomic E-state index is 0.0726. The number of fused-ring (bicyclic) bond motifs is 2. The Labute approximate surface area is 186 Å². The molecule has 2 aliphatic heterocycles. The number of hydrogen-bond acceptors (Lipinski definition) is 7. The van der Waals surface area contributed by atoms with Crippen molar-refractivity contribution in [1.29, 1.82) is 5.26 Å². The van der Waals surface area contributed by atoms with E-state index in [2.05, 4.69) is 15.3 Å². The van der Waals surface area contributed by atoms with E-state index in [0.717, 1.165) is 18.9 Å². The Kier molecular flexibility index (Phi) is 5.63. The van der Waals surface area contributed by atoms with Gasteiger partial charge in [-0.25, -0.2) is 19.2 Å². The van der Waals surface area contributed by atoms with Crippen molar-refractivity contribution in [3.05, 3.63) is 41.5 Å². The van der Waals surface area contributed by atoms with Crippen molar-refractivity contribution in [3.63, 3.8) is 0 Å². The van der Waals surface area contributed by atoms with Gasteiger partial charge < -0.3 is 14.8 Å². The maximum Gasteiger partial charge on any atom is 0.410 e. The summed E-state index contributed by atoms with van der Waals surface area (Å²) < 4.78 is 26.1. The Bertz CT molecular complexity index is 1080. The van der Waals surface area contributed by atoms with Gasteiger partial charge in [-0.2, -0.15) is 5.26 Å². The first kappa shape index (κ1) is 21.8. The zero-order valence-electron chi connectivity index (χ0n) is 18.6. The number of aromatic nitrogens is 2. The van der Waals surface area contributed by atoms with Crippen molar-refractivity contribution in [1.82, 2.24) is 14.9 Å². The Morgan fingerprint density at radius 1 is 1.31 bits per heavy atom. The molecule has 0 saturated carbocycles. The van der Waals surface area contributed by atoms with Crippen LogP contribution >= 0.6 is 0 Å². The van der Waals surface area contributed by atoms with Gasteiger partial charge in [0, 0.05) is 12.5 Å². The summed E-state index contributed by atoms with van der Waals surface area (Å²) >= 11 is 0. The molecule has 0 aliphatic carbocycles. The van der Waals surface area contributed by atoms with E-state index in [1.54, 1.807) is 11.8 Å². The molecule has 2 saturated heterocycles. The first-order valence-corrected chi connectivity index (χ1v) is 10.6. The molecule has 2 fully saturated rings. The lowest BCUT2D eigenvalue weighted by molar-refractivity contribution is 0.0180. The molecule has 1 amide bonds. The van der Waals surface area contributed by atoms with Crippen LogP contribution in [0.4, 0.5) is 20.7 Å². The summed E-state index contributed by atoms with van der Waals surface area (Å²) in [5.41, 5.74) is 0.512. The second-order valence-corrected chi connectivity index (χ2v) is 9.16. The molecule has 1 aromatic carbocycles. The highest BCUT2D eigenvalue weighted by Gasteiger charge is 2.51. The van der Waals surface area contributed by atoms with E-state index in [-0.39, 0.29) is 35.5 Å². The van der Waals surface area contributed by atoms with Crippen LogP contribution in [0, 0.1) is 24.1 Å². The van der Waals surface area contributed by atoms with Crippen LogP contribution < -0.4 is 10.1 Å². The zero-order chi connectivity index (χ0) is 23.0. The highest BCUT2D eigenvalue weighted by molar-refractivity contribution is 5.70. The Morgan fingerprint density at radius 3 is 2.78 bits per heavy atom. The molecule has 9 heteroatoms. The van der Waals surface area contributed by atoms with Crippen molar-refractivity contribution in [2.45, 2.75) is 70.7 Å². The van der Waals surface area contributed by atoms with Gasteiger partial charge in [0.2, 0.25) is 5.88 Å². The lowest BCUT2D eigenvalue weighted by Crippen LogP contribution is -2.42. The number of halogens is 1. The fourth-order valence-corrected chi connectivity index (χ4v) is 4.30. The second kappa shape index (κ2) is 8.26. The summed E-state index contributed by atoms with van der Waals surface area (Å²) in [6, 6.07) is 6.11. The molecule has 3 heterocycles. The molecule has 1 N–H and O–H groups in total. The van der Waals surface area contributed by atoms with Crippen molar-refractivity contribution >= 4 is 17.6 Å². The first-order chi connectivity index (χ1) is 15.2. The van der Waals surface area contributed by atoms with Crippen LogP contribution in [0.5, 0.6) is 5.88 Å². The second-order valence-electron chi connectivity index (χ2n) is 9.16. The van der Waals surface area contributed by atoms with Gasteiger partial charge in [-0.1, -0.05) is 0 Å². The molecule has 8 nitrogen and oxygen atoms in total. The summed E-state index contributed by atoms with van der Waals surface area (Å²) in [5, 5.41) is 11.8. The smallest absolute Gasteiger partial charge is 0.410 e. The van der Waals surface area contributed by atoms with Crippen molar-refractivity contribution in [3.8, 4) is 11.9 Å². The first-order valence-electron chi connectivity index (χ1n) is 10.6. The molecule has 2 bridgehead atoms. The summed E-state index contributed by atoms with van der Waals surface area (Å²) in [7, 11) is 0. The fraction of sp³-hybridized carbons (Fsp3) is 0.478. The SMILES string of the molecule is Cc1c(Nc2ccc(C#N)cc2F)ncnc1O[C@H]1CC2CCC1N2C(=O)OC(C)(C)C. The minimum atomic E-state index is -0.556. The zero-order valence-corrected chi connectivity index (χ0v) is 18.6. The van der Waals surface area contributed by atoms with E-state index >= 15 is 0 Å². The van der Waals surface area contributed by atoms with Gasteiger partial charge in [-0.15, -0.1) is 0 Å². The van der Waals surface area contributed by atoms with E-state index in [1.165, 1.54) is 18.5 Å². The molecule has 32 heavy (non-hydrogen) atoms. The van der Waals surface area contributed by atoms with Crippen LogP contribution in [-0.4, -0.2) is 44.7 Å². The monoisotopic (exact) mass is 439 g/mol. The average Bonchev–Trinajstić information content (AvgIpc) is 3.29. The molecular formula is C23H26FN5O3. The predicted octanol–water partition coefficient (Wildman–Crippen LogP) is 4.46. The molecule has 3 atom stereocenters. The number of benzene rings is 1. The lowest BCUT2D eigenvalue weighted by atomic mass is 9.98. The predicted molar refractivity (Wildman–Crippen MR) is 115 cm³/mol. The number of anilines is 2. The summed E-state index contributed by atoms with van der Waals surface area (Å²) in [6.07, 6.45) is 3.33. The number of nitrogens with zero attached hydrogens (tertiary/aromatic N) is 4. The summed E-state index contributed by atoms with van der Waals surface area (Å²) in [6.45, 7) is 7.35. The number of nitrogens with one attached hydrogen (secondary N) is 1. The molecule has 0 spiro atoms. The van der Waals surface area contributed by atoms with Crippen LogP contribution in [0.15, 0.2) is 24.5 Å². The third kappa shape index (κ3) is 4.31. The summed E-state index contributed by atoms with van der Waals surface area (Å²) in [4.78, 5) is 22.9. The Balaban J connectivity index is 1.49. The third-order valence-corrected chi connectivity index (χ3v) is 5.74. The number of carbonyl (C=O) groups excluding carboxylic acids is 1. The molecule has 0 radical (unpaired) electrons. The van der Waals surface area contributed by atoms with Gasteiger partial charge in [0.1, 0.15) is 29.7 Å². The minimum Gasteiger partial charge on any atom is -0.472 e. The topological polar surface area (TPSA) is 100 Å². The van der Waals surface area contributed by atoms with Gasteiger partial charge in [0.05, 0.1) is 28.9 Å². The highest BCUT2D eigenvalue weighted by Crippen LogP contribution is 2.41. The van der Waals surface area contributed by atoms with E-state index < -0.39 is 11.4 Å². The molecule has 168 valence electrons. The normalized spacial score (nSPS) is 21.9. The van der Waals surface area contributed by atoms with Crippen molar-refractivity contribution < 1.29 is 18.7 Å². The number of carbonyl (C=O) groups is 1. The Morgan fingerprint density at radius 2 is 2.09 bits per heavy atom. The number of ether oxygens (including phenoxy) is 2. The van der Waals surface area contributed by atoms with Crippen LogP contribution in [0.25, 0.3) is 0 Å². The number of rotatable bonds is 4. The van der Waals surface area contributed by atoms with Crippen molar-refractivity contribution in [2.24, 2.45) is 0 Å².